The van der Waals surface area contributed by atoms with Crippen LogP contribution in [-0.2, 0) is 22.9 Å². The van der Waals surface area contributed by atoms with Crippen LogP contribution in [0.3, 0.4) is 0 Å². The van der Waals surface area contributed by atoms with Gasteiger partial charge in [0.25, 0.3) is 5.91 Å². The zero-order chi connectivity index (χ0) is 24.0. The Kier molecular flexibility index (Phi) is 7.03. The third kappa shape index (κ3) is 5.49. The van der Waals surface area contributed by atoms with Gasteiger partial charge in [-0.2, -0.15) is 0 Å². The summed E-state index contributed by atoms with van der Waals surface area (Å²) in [7, 11) is -3.72. The average molecular weight is 477 g/mol. The molecule has 0 unspecified atom stereocenters. The molecule has 174 valence electrons. The van der Waals surface area contributed by atoms with Crippen molar-refractivity contribution in [2.45, 2.75) is 25.2 Å². The monoisotopic (exact) mass is 476 g/mol. The van der Waals surface area contributed by atoms with E-state index in [9.17, 15) is 13.2 Å². The molecule has 0 radical (unpaired) electrons. The second-order valence-electron chi connectivity index (χ2n) is 7.53. The van der Waals surface area contributed by atoms with E-state index in [1.54, 1.807) is 36.6 Å². The Balaban J connectivity index is 1.79. The number of aromatic nitrogens is 2. The summed E-state index contributed by atoms with van der Waals surface area (Å²) in [6.07, 6.45) is 2.97. The Bertz CT molecular complexity index is 1340. The van der Waals surface area contributed by atoms with Crippen LogP contribution in [0.1, 0.15) is 28.7 Å². The van der Waals surface area contributed by atoms with Crippen molar-refractivity contribution in [2.75, 3.05) is 16.0 Å². The molecular formula is C25H24N4O4S. The first-order chi connectivity index (χ1) is 16.5. The highest BCUT2D eigenvalue weighted by molar-refractivity contribution is 7.91. The number of hydrogen-bond donors (Lipinski definition) is 1. The lowest BCUT2D eigenvalue weighted by Crippen LogP contribution is -2.27. The van der Waals surface area contributed by atoms with Crippen molar-refractivity contribution in [2.24, 2.45) is 0 Å². The molecule has 1 N–H and O–H groups in total. The van der Waals surface area contributed by atoms with Gasteiger partial charge >= 0.3 is 0 Å². The van der Waals surface area contributed by atoms with Gasteiger partial charge in [-0.3, -0.25) is 4.79 Å². The zero-order valence-corrected chi connectivity index (χ0v) is 19.4. The average Bonchev–Trinajstić information content (AvgIpc) is 3.38. The van der Waals surface area contributed by atoms with Gasteiger partial charge in [0.1, 0.15) is 5.76 Å². The normalized spacial score (nSPS) is 11.2. The van der Waals surface area contributed by atoms with Crippen LogP contribution in [0.4, 0.5) is 11.4 Å². The minimum absolute atomic E-state index is 0.0339. The Hall–Kier alpha value is -3.98. The van der Waals surface area contributed by atoms with Crippen LogP contribution in [0, 0.1) is 0 Å². The minimum Gasteiger partial charge on any atom is -0.467 e. The second-order valence-corrected chi connectivity index (χ2v) is 9.70. The summed E-state index contributed by atoms with van der Waals surface area (Å²) in [5, 5.41) is 2.42. The lowest BCUT2D eigenvalue weighted by molar-refractivity contribution is 0.102. The largest absolute Gasteiger partial charge is 0.467 e. The summed E-state index contributed by atoms with van der Waals surface area (Å²) in [6.45, 7) is 2.27. The highest BCUT2D eigenvalue weighted by Gasteiger charge is 2.25. The lowest BCUT2D eigenvalue weighted by atomic mass is 10.2. The summed E-state index contributed by atoms with van der Waals surface area (Å²) in [5.74, 6) is -0.0316. The molecule has 34 heavy (non-hydrogen) atoms. The van der Waals surface area contributed by atoms with Crippen molar-refractivity contribution >= 4 is 27.1 Å². The predicted molar refractivity (Wildman–Crippen MR) is 129 cm³/mol. The fourth-order valence-corrected chi connectivity index (χ4v) is 4.07. The maximum absolute atomic E-state index is 13.3. The molecule has 4 rings (SSSR count). The number of carbonyl (C=O) groups is 1. The number of nitrogens with zero attached hydrogens (tertiary/aromatic N) is 3. The number of benzene rings is 2. The number of amides is 1. The summed E-state index contributed by atoms with van der Waals surface area (Å²) >= 11 is 0. The molecule has 4 aromatic rings. The first-order valence-corrected chi connectivity index (χ1v) is 12.4. The number of anilines is 2. The standard InChI is InChI=1S/C25H24N4O4S/c1-2-34(31,32)25-26-16-22(23(28-25)24(30)27-20-12-7-4-8-13-20)29(18-21-14-9-15-33-21)17-19-10-5-3-6-11-19/h3-16H,2,17-18H2,1H3,(H,27,30). The third-order valence-electron chi connectivity index (χ3n) is 5.14. The molecule has 2 heterocycles. The van der Waals surface area contributed by atoms with Crippen molar-refractivity contribution in [1.82, 2.24) is 9.97 Å². The van der Waals surface area contributed by atoms with Crippen molar-refractivity contribution in [3.63, 3.8) is 0 Å². The smallest absolute Gasteiger partial charge is 0.276 e. The molecule has 0 saturated carbocycles. The molecule has 8 nitrogen and oxygen atoms in total. The first-order valence-electron chi connectivity index (χ1n) is 10.7. The van der Waals surface area contributed by atoms with Crippen LogP contribution in [0.2, 0.25) is 0 Å². The fraction of sp³-hybridized carbons (Fsp3) is 0.160. The molecule has 2 aromatic carbocycles. The molecule has 0 aliphatic heterocycles. The molecule has 2 aromatic heterocycles. The van der Waals surface area contributed by atoms with E-state index < -0.39 is 15.7 Å². The van der Waals surface area contributed by atoms with Gasteiger partial charge in [0.05, 0.1) is 30.4 Å². The van der Waals surface area contributed by atoms with Crippen molar-refractivity contribution < 1.29 is 17.6 Å². The lowest BCUT2D eigenvalue weighted by Gasteiger charge is -2.25. The number of nitrogens with one attached hydrogen (secondary N) is 1. The van der Waals surface area contributed by atoms with Crippen LogP contribution in [-0.4, -0.2) is 30.0 Å². The summed E-state index contributed by atoms with van der Waals surface area (Å²) in [4.78, 5) is 23.5. The number of para-hydroxylation sites is 1. The SMILES string of the molecule is CCS(=O)(=O)c1ncc(N(Cc2ccccc2)Cc2ccco2)c(C(=O)Nc2ccccc2)n1. The van der Waals surface area contributed by atoms with Gasteiger partial charge in [0.15, 0.2) is 5.69 Å². The van der Waals surface area contributed by atoms with Gasteiger partial charge in [0.2, 0.25) is 15.0 Å². The number of hydrogen-bond acceptors (Lipinski definition) is 7. The molecule has 0 aliphatic rings. The van der Waals surface area contributed by atoms with Gasteiger partial charge < -0.3 is 14.6 Å². The van der Waals surface area contributed by atoms with E-state index >= 15 is 0 Å². The van der Waals surface area contributed by atoms with E-state index in [0.29, 0.717) is 30.2 Å². The predicted octanol–water partition coefficient (Wildman–Crippen LogP) is 4.32. The number of carbonyl (C=O) groups excluding carboxylic acids is 1. The zero-order valence-electron chi connectivity index (χ0n) is 18.6. The summed E-state index contributed by atoms with van der Waals surface area (Å²) in [6, 6.07) is 22.2. The van der Waals surface area contributed by atoms with E-state index in [1.165, 1.54) is 13.1 Å². The van der Waals surface area contributed by atoms with Gasteiger partial charge in [-0.1, -0.05) is 55.5 Å². The maximum Gasteiger partial charge on any atom is 0.276 e. The Labute approximate surface area is 198 Å². The summed E-state index contributed by atoms with van der Waals surface area (Å²) in [5.41, 5.74) is 1.92. The minimum atomic E-state index is -3.72. The van der Waals surface area contributed by atoms with Gasteiger partial charge in [-0.05, 0) is 29.8 Å². The van der Waals surface area contributed by atoms with Gasteiger partial charge in [-0.25, -0.2) is 18.4 Å². The molecule has 0 bridgehead atoms. The number of rotatable bonds is 9. The quantitative estimate of drug-likeness (QED) is 0.359. The molecule has 0 aliphatic carbocycles. The number of furan rings is 1. The number of sulfone groups is 1. The van der Waals surface area contributed by atoms with E-state index in [-0.39, 0.29) is 16.6 Å². The van der Waals surface area contributed by atoms with Gasteiger partial charge in [0, 0.05) is 12.2 Å². The molecule has 9 heteroatoms. The van der Waals surface area contributed by atoms with Crippen LogP contribution < -0.4 is 10.2 Å². The molecule has 0 atom stereocenters. The molecule has 0 spiro atoms. The van der Waals surface area contributed by atoms with Crippen LogP contribution in [0.25, 0.3) is 0 Å². The topological polar surface area (TPSA) is 105 Å². The Morgan fingerprint density at radius 2 is 1.68 bits per heavy atom. The van der Waals surface area contributed by atoms with Crippen molar-refractivity contribution in [3.05, 3.63) is 102 Å². The highest BCUT2D eigenvalue weighted by atomic mass is 32.2. The van der Waals surface area contributed by atoms with Crippen LogP contribution >= 0.6 is 0 Å². The Morgan fingerprint density at radius 3 is 2.32 bits per heavy atom. The van der Waals surface area contributed by atoms with Crippen LogP contribution in [0.15, 0.2) is 94.8 Å². The second kappa shape index (κ2) is 10.3. The van der Waals surface area contributed by atoms with E-state index in [0.717, 1.165) is 5.56 Å². The first kappa shape index (κ1) is 23.2. The highest BCUT2D eigenvalue weighted by Crippen LogP contribution is 2.25. The van der Waals surface area contributed by atoms with E-state index in [2.05, 4.69) is 15.3 Å². The van der Waals surface area contributed by atoms with E-state index in [4.69, 9.17) is 4.42 Å². The van der Waals surface area contributed by atoms with Gasteiger partial charge in [-0.15, -0.1) is 0 Å². The molecule has 0 fully saturated rings. The van der Waals surface area contributed by atoms with Crippen molar-refractivity contribution in [3.8, 4) is 0 Å². The maximum atomic E-state index is 13.3. The van der Waals surface area contributed by atoms with Crippen molar-refractivity contribution in [1.29, 1.82) is 0 Å². The third-order valence-corrected chi connectivity index (χ3v) is 6.65. The fourth-order valence-electron chi connectivity index (χ4n) is 3.37. The molecular weight excluding hydrogens is 452 g/mol. The Morgan fingerprint density at radius 1 is 0.971 bits per heavy atom. The summed E-state index contributed by atoms with van der Waals surface area (Å²) < 4.78 is 30.5. The molecule has 1 amide bonds. The van der Waals surface area contributed by atoms with Crippen LogP contribution in [0.5, 0.6) is 0 Å². The van der Waals surface area contributed by atoms with E-state index in [1.807, 2.05) is 47.4 Å². The molecule has 0 saturated heterocycles.